The van der Waals surface area contributed by atoms with Crippen molar-refractivity contribution in [1.29, 1.82) is 0 Å². The van der Waals surface area contributed by atoms with Crippen molar-refractivity contribution in [2.45, 2.75) is 56.7 Å². The molecule has 0 spiro atoms. The average Bonchev–Trinajstić information content (AvgIpc) is 2.15. The molecule has 0 saturated heterocycles. The lowest BCUT2D eigenvalue weighted by Crippen LogP contribution is -2.08. The summed E-state index contributed by atoms with van der Waals surface area (Å²) in [6, 6.07) is 9.21. The maximum atomic E-state index is 6.04. The Labute approximate surface area is 104 Å². The summed E-state index contributed by atoms with van der Waals surface area (Å²) in [5, 5.41) is 0.265. The molecule has 1 aromatic rings. The molecule has 1 saturated carbocycles. The third kappa shape index (κ3) is 2.79. The van der Waals surface area contributed by atoms with Gasteiger partial charge in [-0.25, -0.2) is 0 Å². The third-order valence-electron chi connectivity index (χ3n) is 3.76. The second-order valence-corrected chi connectivity index (χ2v) is 5.96. The van der Waals surface area contributed by atoms with Crippen LogP contribution in [0.2, 0.25) is 0 Å². The molecule has 1 aliphatic carbocycles. The smallest absolute Gasteiger partial charge is 0.0313 e. The largest absolute Gasteiger partial charge is 0.123 e. The Hall–Kier alpha value is -0.490. The number of rotatable bonds is 4. The molecule has 0 amide bonds. The van der Waals surface area contributed by atoms with E-state index < -0.39 is 0 Å². The van der Waals surface area contributed by atoms with E-state index in [2.05, 4.69) is 38.1 Å². The van der Waals surface area contributed by atoms with Crippen LogP contribution < -0.4 is 0 Å². The zero-order chi connectivity index (χ0) is 11.5. The first-order valence-electron chi connectivity index (χ1n) is 6.40. The first-order chi connectivity index (χ1) is 7.66. The molecule has 88 valence electrons. The van der Waals surface area contributed by atoms with Crippen LogP contribution in [-0.4, -0.2) is 5.38 Å². The summed E-state index contributed by atoms with van der Waals surface area (Å²) in [4.78, 5) is 0. The molecule has 2 rings (SSSR count). The maximum Gasteiger partial charge on any atom is 0.0313 e. The minimum atomic E-state index is 0.265. The molecule has 0 N–H and O–H groups in total. The first-order valence-corrected chi connectivity index (χ1v) is 6.84. The van der Waals surface area contributed by atoms with Gasteiger partial charge in [0.05, 0.1) is 0 Å². The lowest BCUT2D eigenvalue weighted by Gasteiger charge is -2.26. The summed E-state index contributed by atoms with van der Waals surface area (Å²) in [5.41, 5.74) is 2.96. The normalized spacial score (nSPS) is 20.2. The van der Waals surface area contributed by atoms with Crippen LogP contribution in [0.3, 0.4) is 0 Å². The van der Waals surface area contributed by atoms with Crippen LogP contribution >= 0.6 is 11.6 Å². The van der Waals surface area contributed by atoms with Gasteiger partial charge in [0.25, 0.3) is 0 Å². The number of hydrogen-bond acceptors (Lipinski definition) is 0. The van der Waals surface area contributed by atoms with Crippen molar-refractivity contribution < 1.29 is 0 Å². The van der Waals surface area contributed by atoms with E-state index in [1.165, 1.54) is 30.4 Å². The topological polar surface area (TPSA) is 0 Å². The molecule has 0 aliphatic heterocycles. The van der Waals surface area contributed by atoms with Crippen LogP contribution in [0.25, 0.3) is 0 Å². The molecule has 1 fully saturated rings. The molecule has 0 radical (unpaired) electrons. The summed E-state index contributed by atoms with van der Waals surface area (Å²) in [6.07, 6.45) is 5.23. The van der Waals surface area contributed by atoms with Crippen molar-refractivity contribution in [3.8, 4) is 0 Å². The van der Waals surface area contributed by atoms with E-state index in [0.29, 0.717) is 5.92 Å². The lowest BCUT2D eigenvalue weighted by atomic mass is 9.79. The monoisotopic (exact) mass is 236 g/mol. The zero-order valence-corrected chi connectivity index (χ0v) is 11.0. The number of hydrogen-bond donors (Lipinski definition) is 0. The molecule has 2 atom stereocenters. The van der Waals surface area contributed by atoms with Crippen LogP contribution in [-0.2, 0) is 0 Å². The summed E-state index contributed by atoms with van der Waals surface area (Å²) >= 11 is 6.04. The number of benzene rings is 1. The highest BCUT2D eigenvalue weighted by Gasteiger charge is 2.19. The standard InChI is InChI=1S/C15H21Cl/c1-11(10-12(2)16)13-6-8-15(9-7-13)14-4-3-5-14/h6-9,11-12,14H,3-5,10H2,1-2H3. The van der Waals surface area contributed by atoms with Gasteiger partial charge in [0, 0.05) is 5.38 Å². The highest BCUT2D eigenvalue weighted by Crippen LogP contribution is 2.36. The molecule has 1 heteroatoms. The second-order valence-electron chi connectivity index (χ2n) is 5.21. The fourth-order valence-electron chi connectivity index (χ4n) is 2.46. The Balaban J connectivity index is 2.00. The molecule has 0 heterocycles. The van der Waals surface area contributed by atoms with Crippen LogP contribution in [0.5, 0.6) is 0 Å². The third-order valence-corrected chi connectivity index (χ3v) is 3.94. The molecule has 1 aliphatic rings. The van der Waals surface area contributed by atoms with Crippen molar-refractivity contribution in [3.63, 3.8) is 0 Å². The summed E-state index contributed by atoms with van der Waals surface area (Å²) in [5.74, 6) is 1.42. The van der Waals surface area contributed by atoms with Crippen LogP contribution in [0, 0.1) is 0 Å². The summed E-state index contributed by atoms with van der Waals surface area (Å²) < 4.78 is 0. The predicted molar refractivity (Wildman–Crippen MR) is 71.4 cm³/mol. The second kappa shape index (κ2) is 5.23. The quantitative estimate of drug-likeness (QED) is 0.640. The van der Waals surface area contributed by atoms with E-state index >= 15 is 0 Å². The molecular weight excluding hydrogens is 216 g/mol. The first kappa shape index (κ1) is 12.0. The van der Waals surface area contributed by atoms with E-state index in [1.807, 2.05) is 0 Å². The van der Waals surface area contributed by atoms with Gasteiger partial charge in [-0.3, -0.25) is 0 Å². The van der Waals surface area contributed by atoms with Gasteiger partial charge >= 0.3 is 0 Å². The molecule has 0 aromatic heterocycles. The van der Waals surface area contributed by atoms with Crippen molar-refractivity contribution in [3.05, 3.63) is 35.4 Å². The van der Waals surface area contributed by atoms with Gasteiger partial charge in [0.15, 0.2) is 0 Å². The SMILES string of the molecule is CC(Cl)CC(C)c1ccc(C2CCC2)cc1. The van der Waals surface area contributed by atoms with E-state index in [0.717, 1.165) is 12.3 Å². The minimum Gasteiger partial charge on any atom is -0.123 e. The Bertz CT molecular complexity index is 322. The van der Waals surface area contributed by atoms with Gasteiger partial charge in [0.2, 0.25) is 0 Å². The Morgan fingerprint density at radius 2 is 1.81 bits per heavy atom. The Morgan fingerprint density at radius 1 is 1.19 bits per heavy atom. The molecule has 0 nitrogen and oxygen atoms in total. The Kier molecular flexibility index (Phi) is 3.91. The fraction of sp³-hybridized carbons (Fsp3) is 0.600. The highest BCUT2D eigenvalue weighted by molar-refractivity contribution is 6.20. The van der Waals surface area contributed by atoms with Gasteiger partial charge in [-0.2, -0.15) is 0 Å². The van der Waals surface area contributed by atoms with Crippen molar-refractivity contribution >= 4 is 11.6 Å². The van der Waals surface area contributed by atoms with Crippen LogP contribution in [0.15, 0.2) is 24.3 Å². The average molecular weight is 237 g/mol. The summed E-state index contributed by atoms with van der Waals surface area (Å²) in [6.45, 7) is 4.33. The lowest BCUT2D eigenvalue weighted by molar-refractivity contribution is 0.419. The minimum absolute atomic E-state index is 0.265. The maximum absolute atomic E-state index is 6.04. The molecule has 0 bridgehead atoms. The molecule has 16 heavy (non-hydrogen) atoms. The molecular formula is C15H21Cl. The molecule has 1 aromatic carbocycles. The Morgan fingerprint density at radius 3 is 2.25 bits per heavy atom. The van der Waals surface area contributed by atoms with Gasteiger partial charge < -0.3 is 0 Å². The van der Waals surface area contributed by atoms with Gasteiger partial charge in [-0.05, 0) is 49.1 Å². The van der Waals surface area contributed by atoms with Crippen molar-refractivity contribution in [2.75, 3.05) is 0 Å². The van der Waals surface area contributed by atoms with Crippen LogP contribution in [0.1, 0.15) is 62.5 Å². The van der Waals surface area contributed by atoms with E-state index in [-0.39, 0.29) is 5.38 Å². The predicted octanol–water partition coefficient (Wildman–Crippen LogP) is 5.08. The fourth-order valence-corrected chi connectivity index (χ4v) is 2.73. The van der Waals surface area contributed by atoms with Gasteiger partial charge in [-0.1, -0.05) is 37.6 Å². The zero-order valence-electron chi connectivity index (χ0n) is 10.2. The number of alkyl halides is 1. The van der Waals surface area contributed by atoms with E-state index in [4.69, 9.17) is 11.6 Å². The van der Waals surface area contributed by atoms with E-state index in [1.54, 1.807) is 0 Å². The van der Waals surface area contributed by atoms with Crippen LogP contribution in [0.4, 0.5) is 0 Å². The van der Waals surface area contributed by atoms with Crippen molar-refractivity contribution in [1.82, 2.24) is 0 Å². The van der Waals surface area contributed by atoms with Gasteiger partial charge in [0.1, 0.15) is 0 Å². The molecule has 2 unspecified atom stereocenters. The highest BCUT2D eigenvalue weighted by atomic mass is 35.5. The summed E-state index contributed by atoms with van der Waals surface area (Å²) in [7, 11) is 0. The van der Waals surface area contributed by atoms with Crippen molar-refractivity contribution in [2.24, 2.45) is 0 Å². The number of halogens is 1. The van der Waals surface area contributed by atoms with Gasteiger partial charge in [-0.15, -0.1) is 11.6 Å². The van der Waals surface area contributed by atoms with E-state index in [9.17, 15) is 0 Å².